The molecule has 0 amide bonds. The van der Waals surface area contributed by atoms with Crippen molar-refractivity contribution in [3.05, 3.63) is 97.2 Å². The van der Waals surface area contributed by atoms with Crippen molar-refractivity contribution in [2.75, 3.05) is 26.4 Å². The number of rotatable bonds is 46. The quantitative estimate of drug-likeness (QED) is 0.0267. The summed E-state index contributed by atoms with van der Waals surface area (Å²) >= 11 is 0. The zero-order valence-corrected chi connectivity index (χ0v) is 43.1. The molecular weight excluding hydrogens is 853 g/mol. The second-order valence-corrected chi connectivity index (χ2v) is 18.3. The summed E-state index contributed by atoms with van der Waals surface area (Å²) in [6.45, 7) is 4.33. The minimum atomic E-state index is -1.55. The summed E-state index contributed by atoms with van der Waals surface area (Å²) in [7, 11) is 0. The summed E-state index contributed by atoms with van der Waals surface area (Å²) in [6.07, 6.45) is 61.6. The standard InChI is InChI=1S/C59H100O9/c1-3-5-7-9-11-13-15-17-19-21-23-25-26-27-29-31-33-35-37-39-41-43-45-47-49-65-51-53(52-66-59-58(64)57(63)56(62)54(50-60)68-59)67-55(61)48-46-44-42-40-38-36-34-32-30-28-24-22-20-18-16-14-12-10-8-6-4-2/h5,7,11,13,17,19,22-25,27,29,33,35,39,41,53-54,56-60,62-64H,3-4,6,8-10,12,14-16,18,20-21,26,28,30-32,34,36-38,40,42-52H2,1-2H3/b7-5-,13-11-,19-17-,24-22-,25-23-,29-27-,35-33-,41-39-. The van der Waals surface area contributed by atoms with Gasteiger partial charge >= 0.3 is 5.97 Å². The Hall–Kier alpha value is -2.89. The molecule has 1 heterocycles. The van der Waals surface area contributed by atoms with E-state index in [1.807, 2.05) is 0 Å². The van der Waals surface area contributed by atoms with Gasteiger partial charge in [-0.15, -0.1) is 0 Å². The molecule has 0 aromatic carbocycles. The van der Waals surface area contributed by atoms with E-state index in [2.05, 4.69) is 111 Å². The van der Waals surface area contributed by atoms with E-state index in [9.17, 15) is 25.2 Å². The van der Waals surface area contributed by atoms with Crippen molar-refractivity contribution in [2.24, 2.45) is 0 Å². The molecule has 1 rings (SSSR count). The Morgan fingerprint density at radius 2 is 0.897 bits per heavy atom. The molecule has 9 nitrogen and oxygen atoms in total. The van der Waals surface area contributed by atoms with Crippen LogP contribution in [0.4, 0.5) is 0 Å². The highest BCUT2D eigenvalue weighted by molar-refractivity contribution is 5.69. The lowest BCUT2D eigenvalue weighted by atomic mass is 9.99. The van der Waals surface area contributed by atoms with Crippen molar-refractivity contribution >= 4 is 5.97 Å². The van der Waals surface area contributed by atoms with Crippen LogP contribution in [0.2, 0.25) is 0 Å². The molecule has 0 spiro atoms. The third kappa shape index (κ3) is 38.9. The van der Waals surface area contributed by atoms with E-state index in [4.69, 9.17) is 18.9 Å². The molecule has 390 valence electrons. The predicted molar refractivity (Wildman–Crippen MR) is 283 cm³/mol. The lowest BCUT2D eigenvalue weighted by Crippen LogP contribution is -2.59. The molecule has 6 atom stereocenters. The zero-order valence-electron chi connectivity index (χ0n) is 43.1. The van der Waals surface area contributed by atoms with Gasteiger partial charge in [-0.3, -0.25) is 4.79 Å². The van der Waals surface area contributed by atoms with Crippen LogP contribution in [-0.4, -0.2) is 89.6 Å². The highest BCUT2D eigenvalue weighted by Gasteiger charge is 2.44. The molecule has 0 aromatic rings. The molecule has 6 unspecified atom stereocenters. The molecule has 1 saturated heterocycles. The first-order valence-electron chi connectivity index (χ1n) is 27.3. The Kier molecular flexibility index (Phi) is 45.6. The highest BCUT2D eigenvalue weighted by Crippen LogP contribution is 2.23. The molecule has 9 heteroatoms. The van der Waals surface area contributed by atoms with Crippen LogP contribution in [0.15, 0.2) is 97.2 Å². The van der Waals surface area contributed by atoms with Gasteiger partial charge in [0.1, 0.15) is 30.5 Å². The number of aliphatic hydroxyl groups is 4. The average molecular weight is 953 g/mol. The topological polar surface area (TPSA) is 135 Å². The number of allylic oxidation sites excluding steroid dienone is 16. The number of carbonyl (C=O) groups is 1. The van der Waals surface area contributed by atoms with Gasteiger partial charge in [0, 0.05) is 13.0 Å². The van der Waals surface area contributed by atoms with Gasteiger partial charge < -0.3 is 39.4 Å². The Morgan fingerprint density at radius 1 is 0.485 bits per heavy atom. The van der Waals surface area contributed by atoms with Crippen LogP contribution in [0.25, 0.3) is 0 Å². The third-order valence-corrected chi connectivity index (χ3v) is 12.0. The fourth-order valence-corrected chi connectivity index (χ4v) is 7.76. The van der Waals surface area contributed by atoms with E-state index in [0.29, 0.717) is 13.0 Å². The first kappa shape index (κ1) is 63.1. The maximum absolute atomic E-state index is 12.9. The number of hydrogen-bond donors (Lipinski definition) is 4. The lowest BCUT2D eigenvalue weighted by molar-refractivity contribution is -0.305. The minimum Gasteiger partial charge on any atom is -0.457 e. The van der Waals surface area contributed by atoms with E-state index in [-0.39, 0.29) is 19.2 Å². The zero-order chi connectivity index (χ0) is 49.2. The van der Waals surface area contributed by atoms with Crippen LogP contribution >= 0.6 is 0 Å². The number of hydrogen-bond acceptors (Lipinski definition) is 9. The highest BCUT2D eigenvalue weighted by atomic mass is 16.7. The minimum absolute atomic E-state index is 0.108. The van der Waals surface area contributed by atoms with E-state index < -0.39 is 43.4 Å². The van der Waals surface area contributed by atoms with Crippen LogP contribution in [-0.2, 0) is 23.7 Å². The first-order valence-corrected chi connectivity index (χ1v) is 27.3. The average Bonchev–Trinajstić information content (AvgIpc) is 3.34. The van der Waals surface area contributed by atoms with Crippen molar-refractivity contribution in [2.45, 2.75) is 243 Å². The molecule has 0 radical (unpaired) electrons. The van der Waals surface area contributed by atoms with Crippen LogP contribution in [0.5, 0.6) is 0 Å². The SMILES string of the molecule is CC/C=C\C/C=C\C/C=C\C/C=C\C/C=C\C/C=C\C/C=C\CCCCOCC(COC1OC(CO)C(O)C(O)C1O)OC(=O)CCCCCCCCCCC/C=C\CCCCCCCCCC. The molecule has 0 aliphatic carbocycles. The molecular formula is C59H100O9. The maximum Gasteiger partial charge on any atom is 0.306 e. The molecule has 68 heavy (non-hydrogen) atoms. The summed E-state index contributed by atoms with van der Waals surface area (Å²) < 4.78 is 22.9. The number of aliphatic hydroxyl groups excluding tert-OH is 4. The van der Waals surface area contributed by atoms with Crippen LogP contribution in [0.1, 0.15) is 206 Å². The summed E-state index contributed by atoms with van der Waals surface area (Å²) in [5, 5.41) is 40.3. The molecule has 0 aromatic heterocycles. The fraction of sp³-hybridized carbons (Fsp3) is 0.712. The fourth-order valence-electron chi connectivity index (χ4n) is 7.76. The van der Waals surface area contributed by atoms with Crippen molar-refractivity contribution in [3.63, 3.8) is 0 Å². The van der Waals surface area contributed by atoms with Gasteiger partial charge in [-0.25, -0.2) is 0 Å². The second-order valence-electron chi connectivity index (χ2n) is 18.3. The van der Waals surface area contributed by atoms with Gasteiger partial charge in [-0.05, 0) is 96.3 Å². The first-order chi connectivity index (χ1) is 33.4. The maximum atomic E-state index is 12.9. The van der Waals surface area contributed by atoms with Crippen LogP contribution < -0.4 is 0 Å². The molecule has 1 fully saturated rings. The van der Waals surface area contributed by atoms with Crippen LogP contribution in [0.3, 0.4) is 0 Å². The van der Waals surface area contributed by atoms with E-state index in [1.165, 1.54) is 103 Å². The normalized spacial score (nSPS) is 19.9. The van der Waals surface area contributed by atoms with Crippen molar-refractivity contribution in [1.29, 1.82) is 0 Å². The van der Waals surface area contributed by atoms with Crippen molar-refractivity contribution in [3.8, 4) is 0 Å². The predicted octanol–water partition coefficient (Wildman–Crippen LogP) is 13.9. The second kappa shape index (κ2) is 49.1. The van der Waals surface area contributed by atoms with Gasteiger partial charge in [0.25, 0.3) is 0 Å². The molecule has 4 N–H and O–H groups in total. The number of esters is 1. The van der Waals surface area contributed by atoms with Gasteiger partial charge in [-0.1, -0.05) is 201 Å². The van der Waals surface area contributed by atoms with Crippen molar-refractivity contribution < 1.29 is 44.2 Å². The third-order valence-electron chi connectivity index (χ3n) is 12.0. The Balaban J connectivity index is 2.24. The Labute approximate surface area is 415 Å². The number of unbranched alkanes of at least 4 members (excludes halogenated alkanes) is 19. The van der Waals surface area contributed by atoms with Gasteiger partial charge in [0.15, 0.2) is 6.29 Å². The van der Waals surface area contributed by atoms with Gasteiger partial charge in [0.2, 0.25) is 0 Å². The summed E-state index contributed by atoms with van der Waals surface area (Å²) in [5.74, 6) is -0.333. The molecule has 1 aliphatic rings. The van der Waals surface area contributed by atoms with Gasteiger partial charge in [-0.2, -0.15) is 0 Å². The molecule has 0 bridgehead atoms. The molecule has 0 saturated carbocycles. The van der Waals surface area contributed by atoms with Gasteiger partial charge in [0.05, 0.1) is 19.8 Å². The van der Waals surface area contributed by atoms with E-state index in [0.717, 1.165) is 83.5 Å². The van der Waals surface area contributed by atoms with Crippen LogP contribution in [0, 0.1) is 0 Å². The number of carbonyl (C=O) groups excluding carboxylic acids is 1. The summed E-state index contributed by atoms with van der Waals surface area (Å²) in [4.78, 5) is 12.9. The monoisotopic (exact) mass is 953 g/mol. The summed E-state index contributed by atoms with van der Waals surface area (Å²) in [6, 6.07) is 0. The summed E-state index contributed by atoms with van der Waals surface area (Å²) in [5.41, 5.74) is 0. The Bertz CT molecular complexity index is 1360. The lowest BCUT2D eigenvalue weighted by Gasteiger charge is -2.39. The smallest absolute Gasteiger partial charge is 0.306 e. The Morgan fingerprint density at radius 3 is 1.37 bits per heavy atom. The molecule has 1 aliphatic heterocycles. The van der Waals surface area contributed by atoms with E-state index in [1.54, 1.807) is 0 Å². The number of ether oxygens (including phenoxy) is 4. The van der Waals surface area contributed by atoms with E-state index >= 15 is 0 Å². The van der Waals surface area contributed by atoms with Crippen molar-refractivity contribution in [1.82, 2.24) is 0 Å². The largest absolute Gasteiger partial charge is 0.457 e.